The second-order valence-corrected chi connectivity index (χ2v) is 5.45. The van der Waals surface area contributed by atoms with Crippen molar-refractivity contribution < 1.29 is 9.53 Å². The van der Waals surface area contributed by atoms with E-state index in [1.165, 1.54) is 0 Å². The third-order valence-corrected chi connectivity index (χ3v) is 4.14. The third-order valence-electron chi connectivity index (χ3n) is 4.14. The number of carbonyl (C=O) groups excluding carboxylic acids is 1. The Bertz CT molecular complexity index is 874. The summed E-state index contributed by atoms with van der Waals surface area (Å²) in [5, 5.41) is 2.92. The Balaban J connectivity index is 1.75. The van der Waals surface area contributed by atoms with Crippen LogP contribution in [0.15, 0.2) is 48.8 Å². The highest BCUT2D eigenvalue weighted by Gasteiger charge is 2.33. The second kappa shape index (κ2) is 5.31. The quantitative estimate of drug-likeness (QED) is 0.781. The molecule has 23 heavy (non-hydrogen) atoms. The molecule has 1 unspecified atom stereocenters. The predicted molar refractivity (Wildman–Crippen MR) is 87.7 cm³/mol. The Morgan fingerprint density at radius 1 is 1.26 bits per heavy atom. The number of amides is 2. The van der Waals surface area contributed by atoms with Crippen molar-refractivity contribution in [3.8, 4) is 5.75 Å². The van der Waals surface area contributed by atoms with E-state index in [4.69, 9.17) is 4.74 Å². The van der Waals surface area contributed by atoms with Crippen molar-refractivity contribution in [3.05, 3.63) is 54.4 Å². The van der Waals surface area contributed by atoms with Crippen LogP contribution in [0.2, 0.25) is 0 Å². The maximum atomic E-state index is 12.3. The zero-order valence-electron chi connectivity index (χ0n) is 12.6. The third kappa shape index (κ3) is 2.28. The van der Waals surface area contributed by atoms with Crippen molar-refractivity contribution >= 4 is 22.8 Å². The van der Waals surface area contributed by atoms with Gasteiger partial charge in [0.1, 0.15) is 5.75 Å². The molecule has 6 nitrogen and oxygen atoms in total. The summed E-state index contributed by atoms with van der Waals surface area (Å²) in [5.74, 6) is 0.783. The Labute approximate surface area is 133 Å². The van der Waals surface area contributed by atoms with Gasteiger partial charge in [0.05, 0.1) is 30.5 Å². The molecule has 2 heterocycles. The molecule has 1 aliphatic heterocycles. The van der Waals surface area contributed by atoms with Gasteiger partial charge in [-0.3, -0.25) is 4.90 Å². The van der Waals surface area contributed by atoms with Crippen LogP contribution in [0.5, 0.6) is 5.75 Å². The molecule has 0 bridgehead atoms. The highest BCUT2D eigenvalue weighted by molar-refractivity contribution is 5.97. The summed E-state index contributed by atoms with van der Waals surface area (Å²) in [4.78, 5) is 21.4. The predicted octanol–water partition coefficient (Wildman–Crippen LogP) is 2.84. The Morgan fingerprint density at radius 2 is 2.17 bits per heavy atom. The molecule has 4 rings (SSSR count). The number of anilines is 1. The number of ether oxygens (including phenoxy) is 1. The molecule has 0 saturated carbocycles. The topological polar surface area (TPSA) is 70.2 Å². The lowest BCUT2D eigenvalue weighted by molar-refractivity contribution is 0.251. The molecule has 116 valence electrons. The molecule has 0 aliphatic carbocycles. The van der Waals surface area contributed by atoms with E-state index < -0.39 is 0 Å². The summed E-state index contributed by atoms with van der Waals surface area (Å²) >= 11 is 0. The van der Waals surface area contributed by atoms with Crippen LogP contribution in [0.4, 0.5) is 10.5 Å². The zero-order valence-corrected chi connectivity index (χ0v) is 12.6. The van der Waals surface area contributed by atoms with Gasteiger partial charge in [-0.05, 0) is 35.9 Å². The summed E-state index contributed by atoms with van der Waals surface area (Å²) in [7, 11) is 1.64. The van der Waals surface area contributed by atoms with E-state index in [-0.39, 0.29) is 12.1 Å². The van der Waals surface area contributed by atoms with E-state index in [2.05, 4.69) is 15.3 Å². The number of urea groups is 1. The average molecular weight is 308 g/mol. The van der Waals surface area contributed by atoms with Gasteiger partial charge < -0.3 is 15.0 Å². The van der Waals surface area contributed by atoms with Crippen molar-refractivity contribution in [1.29, 1.82) is 0 Å². The van der Waals surface area contributed by atoms with Crippen LogP contribution in [-0.4, -0.2) is 29.7 Å². The monoisotopic (exact) mass is 308 g/mol. The fourth-order valence-electron chi connectivity index (χ4n) is 2.99. The lowest BCUT2D eigenvalue weighted by Gasteiger charge is -2.23. The second-order valence-electron chi connectivity index (χ2n) is 5.45. The number of aromatic amines is 1. The lowest BCUT2D eigenvalue weighted by Crippen LogP contribution is -2.29. The largest absolute Gasteiger partial charge is 0.497 e. The average Bonchev–Trinajstić information content (AvgIpc) is 3.20. The van der Waals surface area contributed by atoms with Crippen LogP contribution in [-0.2, 0) is 0 Å². The van der Waals surface area contributed by atoms with Crippen molar-refractivity contribution in [2.24, 2.45) is 0 Å². The molecule has 0 spiro atoms. The first-order valence-electron chi connectivity index (χ1n) is 7.40. The number of benzene rings is 2. The van der Waals surface area contributed by atoms with Crippen molar-refractivity contribution in [1.82, 2.24) is 15.3 Å². The zero-order chi connectivity index (χ0) is 15.8. The molecule has 2 aromatic carbocycles. The molecular formula is C17H16N4O2. The highest BCUT2D eigenvalue weighted by atomic mass is 16.5. The van der Waals surface area contributed by atoms with Crippen LogP contribution in [0.3, 0.4) is 0 Å². The lowest BCUT2D eigenvalue weighted by atomic mass is 10.1. The van der Waals surface area contributed by atoms with Gasteiger partial charge in [-0.2, -0.15) is 0 Å². The van der Waals surface area contributed by atoms with Crippen LogP contribution in [0, 0.1) is 0 Å². The van der Waals surface area contributed by atoms with E-state index in [1.54, 1.807) is 18.3 Å². The van der Waals surface area contributed by atoms with Gasteiger partial charge >= 0.3 is 6.03 Å². The van der Waals surface area contributed by atoms with Gasteiger partial charge in [0, 0.05) is 12.2 Å². The number of fused-ring (bicyclic) bond motifs is 1. The molecule has 6 heteroatoms. The van der Waals surface area contributed by atoms with E-state index in [1.807, 2.05) is 42.5 Å². The van der Waals surface area contributed by atoms with Crippen molar-refractivity contribution in [2.45, 2.75) is 6.04 Å². The summed E-state index contributed by atoms with van der Waals surface area (Å²) in [6.45, 7) is 0.563. The maximum absolute atomic E-state index is 12.3. The number of hydrogen-bond donors (Lipinski definition) is 2. The van der Waals surface area contributed by atoms with E-state index >= 15 is 0 Å². The first-order valence-corrected chi connectivity index (χ1v) is 7.40. The molecule has 0 radical (unpaired) electrons. The minimum absolute atomic E-state index is 0.0713. The Kier molecular flexibility index (Phi) is 3.15. The number of rotatable bonds is 3. The first kappa shape index (κ1) is 13.6. The number of carbonyl (C=O) groups is 1. The smallest absolute Gasteiger partial charge is 0.322 e. The van der Waals surface area contributed by atoms with Crippen LogP contribution < -0.4 is 15.0 Å². The summed E-state index contributed by atoms with van der Waals surface area (Å²) in [6.07, 6.45) is 1.65. The van der Waals surface area contributed by atoms with Crippen LogP contribution in [0.25, 0.3) is 11.0 Å². The number of aromatic nitrogens is 2. The van der Waals surface area contributed by atoms with E-state index in [0.29, 0.717) is 6.54 Å². The molecule has 3 aromatic rings. The number of nitrogens with one attached hydrogen (secondary N) is 2. The fourth-order valence-corrected chi connectivity index (χ4v) is 2.99. The normalized spacial score (nSPS) is 17.5. The standard InChI is InChI=1S/C17H16N4O2/c1-23-13-4-2-3-11(7-13)16-9-18-17(22)21(16)12-5-6-14-15(8-12)20-10-19-14/h2-8,10,16H,9H2,1H3,(H,18,22)(H,19,20). The first-order chi connectivity index (χ1) is 11.3. The molecule has 1 saturated heterocycles. The number of imidazole rings is 1. The molecule has 1 aromatic heterocycles. The van der Waals surface area contributed by atoms with Gasteiger partial charge in [-0.25, -0.2) is 9.78 Å². The number of nitrogens with zero attached hydrogens (tertiary/aromatic N) is 2. The SMILES string of the molecule is COc1cccc(C2CNC(=O)N2c2ccc3nc[nH]c3c2)c1. The summed E-state index contributed by atoms with van der Waals surface area (Å²) in [5.41, 5.74) is 3.66. The minimum atomic E-state index is -0.100. The highest BCUT2D eigenvalue weighted by Crippen LogP contribution is 2.33. The summed E-state index contributed by atoms with van der Waals surface area (Å²) in [6, 6.07) is 13.4. The van der Waals surface area contributed by atoms with E-state index in [0.717, 1.165) is 28.0 Å². The van der Waals surface area contributed by atoms with Crippen molar-refractivity contribution in [3.63, 3.8) is 0 Å². The maximum Gasteiger partial charge on any atom is 0.322 e. The van der Waals surface area contributed by atoms with E-state index in [9.17, 15) is 4.79 Å². The Morgan fingerprint density at radius 3 is 3.04 bits per heavy atom. The van der Waals surface area contributed by atoms with Crippen molar-refractivity contribution in [2.75, 3.05) is 18.6 Å². The number of methoxy groups -OCH3 is 1. The number of hydrogen-bond acceptors (Lipinski definition) is 3. The van der Waals surface area contributed by atoms with Crippen LogP contribution >= 0.6 is 0 Å². The van der Waals surface area contributed by atoms with Gasteiger partial charge in [-0.1, -0.05) is 12.1 Å². The molecule has 1 aliphatic rings. The van der Waals surface area contributed by atoms with Crippen LogP contribution in [0.1, 0.15) is 11.6 Å². The summed E-state index contributed by atoms with van der Waals surface area (Å²) < 4.78 is 5.29. The van der Waals surface area contributed by atoms with Gasteiger partial charge in [0.15, 0.2) is 0 Å². The molecule has 2 N–H and O–H groups in total. The van der Waals surface area contributed by atoms with Gasteiger partial charge in [0.2, 0.25) is 0 Å². The van der Waals surface area contributed by atoms with Gasteiger partial charge in [0.25, 0.3) is 0 Å². The minimum Gasteiger partial charge on any atom is -0.497 e. The molecule has 2 amide bonds. The fraction of sp³-hybridized carbons (Fsp3) is 0.176. The molecule has 1 atom stereocenters. The Hall–Kier alpha value is -3.02. The molecular weight excluding hydrogens is 292 g/mol. The van der Waals surface area contributed by atoms with Gasteiger partial charge in [-0.15, -0.1) is 0 Å². The number of H-pyrrole nitrogens is 1. The molecule has 1 fully saturated rings.